The fourth-order valence-electron chi connectivity index (χ4n) is 6.28. The van der Waals surface area contributed by atoms with Gasteiger partial charge in [-0.3, -0.25) is 14.6 Å². The van der Waals surface area contributed by atoms with Crippen molar-refractivity contribution in [1.82, 2.24) is 14.9 Å². The Morgan fingerprint density at radius 2 is 1.80 bits per heavy atom. The van der Waals surface area contributed by atoms with Crippen LogP contribution in [0.25, 0.3) is 0 Å². The molecule has 1 unspecified atom stereocenters. The van der Waals surface area contributed by atoms with Crippen LogP contribution in [0, 0.1) is 17.8 Å². The Balaban J connectivity index is 1.21. The average molecular weight is 493 g/mol. The molecule has 35 heavy (non-hydrogen) atoms. The SMILES string of the molecule is O=C(O)[C@H]1[C@@H]2CN(c3ccc(C(=O)N4CCC(c5cccnc5)C4)c(SC4CCCCC4)n3)C[C@@H]21. The van der Waals surface area contributed by atoms with Gasteiger partial charge < -0.3 is 14.9 Å². The number of carboxylic acid groups (broad SMARTS) is 1. The van der Waals surface area contributed by atoms with Crippen LogP contribution < -0.4 is 4.90 Å². The van der Waals surface area contributed by atoms with Crippen LogP contribution in [-0.4, -0.2) is 63.3 Å². The molecule has 4 atom stereocenters. The van der Waals surface area contributed by atoms with Crippen molar-refractivity contribution in [3.8, 4) is 0 Å². The number of aliphatic carboxylic acids is 1. The number of carboxylic acids is 1. The number of amides is 1. The van der Waals surface area contributed by atoms with E-state index >= 15 is 0 Å². The molecule has 2 aliphatic carbocycles. The van der Waals surface area contributed by atoms with Gasteiger partial charge in [0, 0.05) is 49.7 Å². The number of aromatic nitrogens is 2. The largest absolute Gasteiger partial charge is 0.481 e. The number of thioether (sulfide) groups is 1. The summed E-state index contributed by atoms with van der Waals surface area (Å²) in [6, 6.07) is 7.99. The molecule has 0 spiro atoms. The first-order valence-corrected chi connectivity index (χ1v) is 13.8. The highest BCUT2D eigenvalue weighted by Gasteiger charge is 2.60. The average Bonchev–Trinajstić information content (AvgIpc) is 3.21. The van der Waals surface area contributed by atoms with Gasteiger partial charge in [-0.2, -0.15) is 0 Å². The summed E-state index contributed by atoms with van der Waals surface area (Å²) in [7, 11) is 0. The molecule has 4 aliphatic rings. The van der Waals surface area contributed by atoms with Gasteiger partial charge in [-0.25, -0.2) is 4.98 Å². The van der Waals surface area contributed by atoms with Gasteiger partial charge in [0.05, 0.1) is 11.5 Å². The lowest BCUT2D eigenvalue weighted by Gasteiger charge is -2.25. The first kappa shape index (κ1) is 22.8. The van der Waals surface area contributed by atoms with Crippen molar-refractivity contribution in [2.45, 2.75) is 54.7 Å². The van der Waals surface area contributed by atoms with E-state index in [0.29, 0.717) is 23.3 Å². The molecule has 2 saturated carbocycles. The number of rotatable bonds is 6. The van der Waals surface area contributed by atoms with E-state index in [9.17, 15) is 14.7 Å². The molecule has 0 radical (unpaired) electrons. The third-order valence-corrected chi connectivity index (χ3v) is 9.68. The first-order chi connectivity index (χ1) is 17.1. The number of hydrogen-bond acceptors (Lipinski definition) is 6. The number of fused-ring (bicyclic) bond motifs is 1. The third kappa shape index (κ3) is 4.53. The quantitative estimate of drug-likeness (QED) is 0.643. The number of carbonyl (C=O) groups excluding carboxylic acids is 1. The molecular formula is C27H32N4O3S. The number of anilines is 1. The highest BCUT2D eigenvalue weighted by molar-refractivity contribution is 7.99. The van der Waals surface area contributed by atoms with Gasteiger partial charge in [-0.15, -0.1) is 11.8 Å². The van der Waals surface area contributed by atoms with Crippen molar-refractivity contribution in [2.75, 3.05) is 31.1 Å². The maximum absolute atomic E-state index is 13.7. The van der Waals surface area contributed by atoms with Crippen LogP contribution in [0.2, 0.25) is 0 Å². The molecule has 7 nitrogen and oxygen atoms in total. The number of likely N-dealkylation sites (tertiary alicyclic amines) is 1. The molecule has 184 valence electrons. The Hall–Kier alpha value is -2.61. The van der Waals surface area contributed by atoms with Gasteiger partial charge in [0.25, 0.3) is 5.91 Å². The smallest absolute Gasteiger partial charge is 0.307 e. The molecule has 6 rings (SSSR count). The van der Waals surface area contributed by atoms with E-state index in [0.717, 1.165) is 36.9 Å². The van der Waals surface area contributed by atoms with Gasteiger partial charge in [0.2, 0.25) is 0 Å². The molecule has 0 bridgehead atoms. The van der Waals surface area contributed by atoms with E-state index in [4.69, 9.17) is 4.98 Å². The third-order valence-electron chi connectivity index (χ3n) is 8.34. The van der Waals surface area contributed by atoms with Crippen molar-refractivity contribution in [3.63, 3.8) is 0 Å². The van der Waals surface area contributed by atoms with E-state index in [2.05, 4.69) is 16.0 Å². The van der Waals surface area contributed by atoms with Crippen molar-refractivity contribution in [1.29, 1.82) is 0 Å². The lowest BCUT2D eigenvalue weighted by molar-refractivity contribution is -0.139. The maximum Gasteiger partial charge on any atom is 0.307 e. The predicted octanol–water partition coefficient (Wildman–Crippen LogP) is 4.30. The second-order valence-corrected chi connectivity index (χ2v) is 11.8. The zero-order valence-electron chi connectivity index (χ0n) is 19.9. The van der Waals surface area contributed by atoms with Gasteiger partial charge >= 0.3 is 5.97 Å². The standard InChI is InChI=1S/C27H32N4O3S/c32-26(30-12-10-18(14-30)17-5-4-11-28-13-17)20-8-9-23(29-25(20)35-19-6-2-1-3-7-19)31-15-21-22(16-31)24(21)27(33)34/h4-5,8-9,11,13,18-19,21-22,24H,1-3,6-7,10,12,14-16H2,(H,33,34)/t18?,21-,22+,24+. The van der Waals surface area contributed by atoms with Crippen LogP contribution in [-0.2, 0) is 4.79 Å². The van der Waals surface area contributed by atoms with E-state index in [1.807, 2.05) is 29.3 Å². The molecule has 4 fully saturated rings. The molecule has 4 heterocycles. The summed E-state index contributed by atoms with van der Waals surface area (Å²) in [4.78, 5) is 38.5. The monoisotopic (exact) mass is 492 g/mol. The number of hydrogen-bond donors (Lipinski definition) is 1. The highest BCUT2D eigenvalue weighted by atomic mass is 32.2. The molecular weight excluding hydrogens is 460 g/mol. The first-order valence-electron chi connectivity index (χ1n) is 12.9. The summed E-state index contributed by atoms with van der Waals surface area (Å²) in [5, 5.41) is 10.7. The van der Waals surface area contributed by atoms with Crippen LogP contribution in [0.5, 0.6) is 0 Å². The Morgan fingerprint density at radius 3 is 2.51 bits per heavy atom. The van der Waals surface area contributed by atoms with Gasteiger partial charge in [-0.1, -0.05) is 25.3 Å². The Labute approximate surface area is 210 Å². The summed E-state index contributed by atoms with van der Waals surface area (Å²) < 4.78 is 0. The second-order valence-electron chi connectivity index (χ2n) is 10.5. The minimum atomic E-state index is -0.669. The van der Waals surface area contributed by atoms with Crippen molar-refractivity contribution in [2.24, 2.45) is 17.8 Å². The Morgan fingerprint density at radius 1 is 1.00 bits per heavy atom. The molecule has 0 aromatic carbocycles. The summed E-state index contributed by atoms with van der Waals surface area (Å²) in [6.45, 7) is 2.95. The lowest BCUT2D eigenvalue weighted by Crippen LogP contribution is -2.30. The van der Waals surface area contributed by atoms with Crippen LogP contribution in [0.4, 0.5) is 5.82 Å². The molecule has 2 aliphatic heterocycles. The normalized spacial score (nSPS) is 28.2. The minimum Gasteiger partial charge on any atom is -0.481 e. The lowest BCUT2D eigenvalue weighted by atomic mass is 10.0. The predicted molar refractivity (Wildman–Crippen MR) is 135 cm³/mol. The maximum atomic E-state index is 13.7. The van der Waals surface area contributed by atoms with Crippen LogP contribution in [0.1, 0.15) is 60.4 Å². The molecule has 2 aromatic heterocycles. The molecule has 1 N–H and O–H groups in total. The molecule has 2 saturated heterocycles. The van der Waals surface area contributed by atoms with Gasteiger partial charge in [-0.05, 0) is 54.9 Å². The zero-order valence-corrected chi connectivity index (χ0v) is 20.7. The number of pyridine rings is 2. The van der Waals surface area contributed by atoms with Crippen LogP contribution in [0.15, 0.2) is 41.7 Å². The molecule has 8 heteroatoms. The van der Waals surface area contributed by atoms with E-state index in [1.54, 1.807) is 18.0 Å². The van der Waals surface area contributed by atoms with Crippen molar-refractivity contribution >= 4 is 29.5 Å². The van der Waals surface area contributed by atoms with E-state index in [-0.39, 0.29) is 23.7 Å². The van der Waals surface area contributed by atoms with Crippen LogP contribution in [0.3, 0.4) is 0 Å². The Kier molecular flexibility index (Phi) is 6.16. The number of carbonyl (C=O) groups is 2. The number of piperidine rings is 1. The highest BCUT2D eigenvalue weighted by Crippen LogP contribution is 2.52. The van der Waals surface area contributed by atoms with Crippen LogP contribution >= 0.6 is 11.8 Å². The van der Waals surface area contributed by atoms with Gasteiger partial charge in [0.1, 0.15) is 10.8 Å². The van der Waals surface area contributed by atoms with Gasteiger partial charge in [0.15, 0.2) is 0 Å². The topological polar surface area (TPSA) is 86.6 Å². The number of nitrogens with zero attached hydrogens (tertiary/aromatic N) is 4. The summed E-state index contributed by atoms with van der Waals surface area (Å²) in [5.74, 6) is 0.893. The Bertz CT molecular complexity index is 1090. The fraction of sp³-hybridized carbons (Fsp3) is 0.556. The van der Waals surface area contributed by atoms with Crippen molar-refractivity contribution < 1.29 is 14.7 Å². The van der Waals surface area contributed by atoms with Crippen molar-refractivity contribution in [3.05, 3.63) is 47.8 Å². The second kappa shape index (κ2) is 9.45. The zero-order chi connectivity index (χ0) is 23.9. The molecule has 2 aromatic rings. The summed E-state index contributed by atoms with van der Waals surface area (Å²) in [5.41, 5.74) is 1.91. The fourth-order valence-corrected chi connectivity index (χ4v) is 7.60. The van der Waals surface area contributed by atoms with E-state index < -0.39 is 5.97 Å². The summed E-state index contributed by atoms with van der Waals surface area (Å²) >= 11 is 1.78. The molecule has 1 amide bonds. The minimum absolute atomic E-state index is 0.0731. The summed E-state index contributed by atoms with van der Waals surface area (Å²) in [6.07, 6.45) is 10.8. The van der Waals surface area contributed by atoms with E-state index in [1.165, 1.54) is 37.7 Å².